The van der Waals surface area contributed by atoms with Gasteiger partial charge in [0.1, 0.15) is 5.75 Å². The molecule has 8 nitrogen and oxygen atoms in total. The summed E-state index contributed by atoms with van der Waals surface area (Å²) in [5.74, 6) is 0.650. The van der Waals surface area contributed by atoms with E-state index in [2.05, 4.69) is 31.8 Å². The third-order valence-electron chi connectivity index (χ3n) is 7.82. The predicted octanol–water partition coefficient (Wildman–Crippen LogP) is 6.77. The van der Waals surface area contributed by atoms with E-state index in [1.165, 1.54) is 0 Å². The zero-order chi connectivity index (χ0) is 30.3. The summed E-state index contributed by atoms with van der Waals surface area (Å²) in [7, 11) is 1.69. The minimum absolute atomic E-state index is 0.187. The van der Waals surface area contributed by atoms with Crippen LogP contribution in [0, 0.1) is 13.8 Å². The summed E-state index contributed by atoms with van der Waals surface area (Å²) in [5, 5.41) is 8.99. The predicted molar refractivity (Wildman–Crippen MR) is 175 cm³/mol. The van der Waals surface area contributed by atoms with Gasteiger partial charge < -0.3 is 30.5 Å². The Kier molecular flexibility index (Phi) is 9.15. The maximum absolute atomic E-state index is 13.8. The average molecular weight is 578 g/mol. The van der Waals surface area contributed by atoms with Gasteiger partial charge in [0.2, 0.25) is 0 Å². The molecule has 4 aromatic rings. The van der Waals surface area contributed by atoms with E-state index < -0.39 is 0 Å². The Balaban J connectivity index is 1.36. The lowest BCUT2D eigenvalue weighted by molar-refractivity contribution is 0.0940. The van der Waals surface area contributed by atoms with Crippen LogP contribution < -0.4 is 30.5 Å². The van der Waals surface area contributed by atoms with Gasteiger partial charge in [-0.3, -0.25) is 4.79 Å². The molecule has 0 spiro atoms. The summed E-state index contributed by atoms with van der Waals surface area (Å²) in [4.78, 5) is 31.2. The minimum Gasteiger partial charge on any atom is -0.495 e. The molecule has 43 heavy (non-hydrogen) atoms. The second-order valence-corrected chi connectivity index (χ2v) is 10.9. The van der Waals surface area contributed by atoms with Gasteiger partial charge in [-0.25, -0.2) is 4.79 Å². The molecule has 0 radical (unpaired) electrons. The van der Waals surface area contributed by atoms with Crippen LogP contribution in [0.3, 0.4) is 0 Å². The third kappa shape index (κ3) is 7.09. The average Bonchev–Trinajstić information content (AvgIpc) is 3.03. The molecule has 222 valence electrons. The molecule has 0 aliphatic carbocycles. The highest BCUT2D eigenvalue weighted by Crippen LogP contribution is 2.31. The monoisotopic (exact) mass is 577 g/mol. The highest BCUT2D eigenvalue weighted by molar-refractivity contribution is 6.04. The lowest BCUT2D eigenvalue weighted by Crippen LogP contribution is -2.47. The molecular formula is C35H39N5O3. The van der Waals surface area contributed by atoms with Gasteiger partial charge in [0.15, 0.2) is 0 Å². The third-order valence-corrected chi connectivity index (χ3v) is 7.82. The van der Waals surface area contributed by atoms with Crippen molar-refractivity contribution in [1.29, 1.82) is 0 Å². The molecule has 1 aliphatic rings. The summed E-state index contributed by atoms with van der Waals surface area (Å²) in [6.45, 7) is 8.96. The van der Waals surface area contributed by atoms with Crippen LogP contribution in [0.5, 0.6) is 5.75 Å². The molecule has 1 saturated heterocycles. The normalized spacial score (nSPS) is 13.7. The number of carbonyl (C=O) groups is 2. The van der Waals surface area contributed by atoms with Crippen LogP contribution in [0.25, 0.3) is 0 Å². The number of amides is 3. The van der Waals surface area contributed by atoms with E-state index in [0.717, 1.165) is 65.7 Å². The number of carbonyl (C=O) groups excluding carboxylic acids is 2. The Morgan fingerprint density at radius 2 is 1.44 bits per heavy atom. The van der Waals surface area contributed by atoms with Gasteiger partial charge in [0.25, 0.3) is 5.91 Å². The number of ether oxygens (including phenoxy) is 1. The van der Waals surface area contributed by atoms with Crippen molar-refractivity contribution in [2.24, 2.45) is 0 Å². The molecule has 3 N–H and O–H groups in total. The Morgan fingerprint density at radius 3 is 2.14 bits per heavy atom. The number of aryl methyl sites for hydroxylation is 2. The van der Waals surface area contributed by atoms with E-state index >= 15 is 0 Å². The molecule has 0 saturated carbocycles. The van der Waals surface area contributed by atoms with E-state index in [0.29, 0.717) is 11.3 Å². The SMILES string of the molecule is COc1ccccc1N1CCN(c2ccc(NC(=O)Nc3ccc(C)cc3C)cc2C(=O)NC(C)c2ccccc2)CC1. The summed E-state index contributed by atoms with van der Waals surface area (Å²) in [5.41, 5.74) is 6.81. The summed E-state index contributed by atoms with van der Waals surface area (Å²) < 4.78 is 5.58. The maximum atomic E-state index is 13.8. The van der Waals surface area contributed by atoms with E-state index in [4.69, 9.17) is 4.74 Å². The molecule has 5 rings (SSSR count). The lowest BCUT2D eigenvalue weighted by atomic mass is 10.1. The summed E-state index contributed by atoms with van der Waals surface area (Å²) in [6, 6.07) is 28.8. The number of methoxy groups -OCH3 is 1. The number of piperazine rings is 1. The smallest absolute Gasteiger partial charge is 0.323 e. The Hall–Kier alpha value is -4.98. The van der Waals surface area contributed by atoms with Crippen molar-refractivity contribution in [3.8, 4) is 5.75 Å². The first-order valence-corrected chi connectivity index (χ1v) is 14.6. The molecule has 3 amide bonds. The lowest BCUT2D eigenvalue weighted by Gasteiger charge is -2.38. The van der Waals surface area contributed by atoms with Gasteiger partial charge in [-0.05, 0) is 68.3 Å². The molecule has 4 aromatic carbocycles. The second kappa shape index (κ2) is 13.3. The maximum Gasteiger partial charge on any atom is 0.323 e. The van der Waals surface area contributed by atoms with Crippen molar-refractivity contribution in [2.45, 2.75) is 26.8 Å². The van der Waals surface area contributed by atoms with Gasteiger partial charge in [-0.2, -0.15) is 0 Å². The number of nitrogens with one attached hydrogen (secondary N) is 3. The van der Waals surface area contributed by atoms with Crippen LogP contribution in [0.1, 0.15) is 40.0 Å². The van der Waals surface area contributed by atoms with Gasteiger partial charge >= 0.3 is 6.03 Å². The number of anilines is 4. The quantitative estimate of drug-likeness (QED) is 0.215. The van der Waals surface area contributed by atoms with Gasteiger partial charge in [0.05, 0.1) is 24.4 Å². The van der Waals surface area contributed by atoms with Crippen LogP contribution in [0.4, 0.5) is 27.5 Å². The van der Waals surface area contributed by atoms with Crippen LogP contribution >= 0.6 is 0 Å². The van der Waals surface area contributed by atoms with Crippen LogP contribution in [-0.2, 0) is 0 Å². The number of hydrogen-bond donors (Lipinski definition) is 3. The molecule has 0 aromatic heterocycles. The summed E-state index contributed by atoms with van der Waals surface area (Å²) in [6.07, 6.45) is 0. The molecule has 1 heterocycles. The molecule has 1 unspecified atom stereocenters. The number of hydrogen-bond acceptors (Lipinski definition) is 5. The van der Waals surface area contributed by atoms with Gasteiger partial charge in [-0.15, -0.1) is 0 Å². The molecule has 0 bridgehead atoms. The number of benzene rings is 4. The van der Waals surface area contributed by atoms with Crippen molar-refractivity contribution < 1.29 is 14.3 Å². The van der Waals surface area contributed by atoms with Crippen LogP contribution in [0.2, 0.25) is 0 Å². The first-order valence-electron chi connectivity index (χ1n) is 14.6. The fourth-order valence-electron chi connectivity index (χ4n) is 5.49. The minimum atomic E-state index is -0.367. The Morgan fingerprint density at radius 1 is 0.767 bits per heavy atom. The summed E-state index contributed by atoms with van der Waals surface area (Å²) >= 11 is 0. The highest BCUT2D eigenvalue weighted by atomic mass is 16.5. The van der Waals surface area contributed by atoms with E-state index in [-0.39, 0.29) is 18.0 Å². The van der Waals surface area contributed by atoms with Crippen LogP contribution in [-0.4, -0.2) is 45.2 Å². The first-order chi connectivity index (χ1) is 20.8. The number of nitrogens with zero attached hydrogens (tertiary/aromatic N) is 2. The zero-order valence-electron chi connectivity index (χ0n) is 25.2. The standard InChI is InChI=1S/C35H39N5O3/c1-24-14-16-30(25(2)22-24)38-35(42)37-28-15-17-31(29(23-28)34(41)36-26(3)27-10-6-5-7-11-27)39-18-20-40(21-19-39)32-12-8-9-13-33(32)43-4/h5-17,22-23,26H,18-21H2,1-4H3,(H,36,41)(H2,37,38,42). The molecule has 1 atom stereocenters. The molecule has 1 aliphatic heterocycles. The van der Waals surface area contributed by atoms with Crippen LogP contribution in [0.15, 0.2) is 91.0 Å². The van der Waals surface area contributed by atoms with Crippen molar-refractivity contribution in [3.63, 3.8) is 0 Å². The first kappa shape index (κ1) is 29.5. The number of rotatable bonds is 8. The highest BCUT2D eigenvalue weighted by Gasteiger charge is 2.24. The van der Waals surface area contributed by atoms with Gasteiger partial charge in [0, 0.05) is 43.2 Å². The molecule has 1 fully saturated rings. The van der Waals surface area contributed by atoms with E-state index in [1.807, 2.05) is 99.6 Å². The number of urea groups is 1. The van der Waals surface area contributed by atoms with E-state index in [9.17, 15) is 9.59 Å². The zero-order valence-corrected chi connectivity index (χ0v) is 25.2. The molecular weight excluding hydrogens is 538 g/mol. The Labute approximate surface area is 253 Å². The fourth-order valence-corrected chi connectivity index (χ4v) is 5.49. The number of para-hydroxylation sites is 2. The fraction of sp³-hybridized carbons (Fsp3) is 0.257. The van der Waals surface area contributed by atoms with Crippen molar-refractivity contribution in [3.05, 3.63) is 113 Å². The second-order valence-electron chi connectivity index (χ2n) is 10.9. The Bertz CT molecular complexity index is 1580. The molecule has 8 heteroatoms. The van der Waals surface area contributed by atoms with Crippen molar-refractivity contribution in [1.82, 2.24) is 5.32 Å². The van der Waals surface area contributed by atoms with Crippen molar-refractivity contribution >= 4 is 34.7 Å². The topological polar surface area (TPSA) is 85.9 Å². The van der Waals surface area contributed by atoms with Gasteiger partial charge in [-0.1, -0.05) is 60.2 Å². The van der Waals surface area contributed by atoms with Crippen molar-refractivity contribution in [2.75, 3.05) is 53.7 Å². The largest absolute Gasteiger partial charge is 0.495 e. The van der Waals surface area contributed by atoms with E-state index in [1.54, 1.807) is 13.2 Å².